The van der Waals surface area contributed by atoms with Crippen LogP contribution in [0.25, 0.3) is 0 Å². The minimum Gasteiger partial charge on any atom is -0.491 e. The highest BCUT2D eigenvalue weighted by atomic mass is 16.5. The molecule has 0 saturated heterocycles. The Balaban J connectivity index is 1.99. The normalized spacial score (nSPS) is 9.94. The summed E-state index contributed by atoms with van der Waals surface area (Å²) in [4.78, 5) is 11.1. The summed E-state index contributed by atoms with van der Waals surface area (Å²) in [6.45, 7) is 1.75. The van der Waals surface area contributed by atoms with Crippen molar-refractivity contribution in [1.29, 1.82) is 0 Å². The number of rotatable bonds is 8. The third-order valence-electron chi connectivity index (χ3n) is 1.94. The largest absolute Gasteiger partial charge is 0.491 e. The monoisotopic (exact) mass is 238 g/mol. The molecular weight excluding hydrogens is 220 g/mol. The Morgan fingerprint density at radius 3 is 2.71 bits per heavy atom. The number of benzene rings is 1. The van der Waals surface area contributed by atoms with Crippen LogP contribution >= 0.6 is 0 Å². The van der Waals surface area contributed by atoms with Gasteiger partial charge in [0.15, 0.2) is 0 Å². The van der Waals surface area contributed by atoms with Crippen LogP contribution in [-0.2, 0) is 9.53 Å². The number of carbonyl (C=O) groups is 1. The second-order valence-electron chi connectivity index (χ2n) is 3.35. The molecule has 1 rings (SSSR count). The first-order valence-electron chi connectivity index (χ1n) is 5.55. The van der Waals surface area contributed by atoms with Gasteiger partial charge in [0.1, 0.15) is 19.0 Å². The number of amides is 1. The first-order chi connectivity index (χ1) is 8.33. The van der Waals surface area contributed by atoms with Gasteiger partial charge >= 0.3 is 0 Å². The molecule has 5 heteroatoms. The SMILES string of the molecule is NCCNC(=O)COCCOc1ccccc1. The van der Waals surface area contributed by atoms with E-state index in [1.54, 1.807) is 0 Å². The lowest BCUT2D eigenvalue weighted by molar-refractivity contribution is -0.125. The molecule has 3 N–H and O–H groups in total. The maximum absolute atomic E-state index is 11.1. The number of hydrogen-bond donors (Lipinski definition) is 2. The van der Waals surface area contributed by atoms with E-state index in [2.05, 4.69) is 5.32 Å². The van der Waals surface area contributed by atoms with E-state index in [1.807, 2.05) is 30.3 Å². The van der Waals surface area contributed by atoms with Crippen molar-refractivity contribution in [2.75, 3.05) is 32.9 Å². The molecule has 0 aliphatic rings. The second-order valence-corrected chi connectivity index (χ2v) is 3.35. The molecular formula is C12H18N2O3. The third kappa shape index (κ3) is 6.55. The van der Waals surface area contributed by atoms with Gasteiger partial charge in [0, 0.05) is 13.1 Å². The van der Waals surface area contributed by atoms with Crippen molar-refractivity contribution in [1.82, 2.24) is 5.32 Å². The van der Waals surface area contributed by atoms with E-state index >= 15 is 0 Å². The summed E-state index contributed by atoms with van der Waals surface area (Å²) in [5.41, 5.74) is 5.24. The minimum absolute atomic E-state index is 0.0398. The van der Waals surface area contributed by atoms with Gasteiger partial charge in [-0.2, -0.15) is 0 Å². The zero-order valence-corrected chi connectivity index (χ0v) is 9.72. The fraction of sp³-hybridized carbons (Fsp3) is 0.417. The zero-order chi connectivity index (χ0) is 12.3. The Labute approximate surface area is 101 Å². The van der Waals surface area contributed by atoms with Crippen molar-refractivity contribution < 1.29 is 14.3 Å². The Bertz CT molecular complexity index is 317. The lowest BCUT2D eigenvalue weighted by Crippen LogP contribution is -2.32. The van der Waals surface area contributed by atoms with Crippen LogP contribution in [0, 0.1) is 0 Å². The summed E-state index contributed by atoms with van der Waals surface area (Å²) < 4.78 is 10.5. The summed E-state index contributed by atoms with van der Waals surface area (Å²) in [5, 5.41) is 2.61. The predicted octanol–water partition coefficient (Wildman–Crippen LogP) is 0.157. The Kier molecular flexibility index (Phi) is 6.78. The lowest BCUT2D eigenvalue weighted by Gasteiger charge is -2.07. The van der Waals surface area contributed by atoms with Gasteiger partial charge in [-0.15, -0.1) is 0 Å². The van der Waals surface area contributed by atoms with E-state index < -0.39 is 0 Å². The van der Waals surface area contributed by atoms with Crippen LogP contribution < -0.4 is 15.8 Å². The maximum atomic E-state index is 11.1. The summed E-state index contributed by atoms with van der Waals surface area (Å²) >= 11 is 0. The minimum atomic E-state index is -0.157. The number of ether oxygens (including phenoxy) is 2. The summed E-state index contributed by atoms with van der Waals surface area (Å²) in [7, 11) is 0. The van der Waals surface area contributed by atoms with Crippen LogP contribution in [0.1, 0.15) is 0 Å². The second kappa shape index (κ2) is 8.55. The standard InChI is InChI=1S/C12H18N2O3/c13-6-7-14-12(15)10-16-8-9-17-11-4-2-1-3-5-11/h1-5H,6-10,13H2,(H,14,15). The Morgan fingerprint density at radius 2 is 2.00 bits per heavy atom. The predicted molar refractivity (Wildman–Crippen MR) is 64.8 cm³/mol. The molecule has 5 nitrogen and oxygen atoms in total. The molecule has 0 heterocycles. The zero-order valence-electron chi connectivity index (χ0n) is 9.72. The van der Waals surface area contributed by atoms with E-state index in [0.29, 0.717) is 26.3 Å². The number of hydrogen-bond acceptors (Lipinski definition) is 4. The van der Waals surface area contributed by atoms with Crippen LogP contribution in [0.2, 0.25) is 0 Å². The van der Waals surface area contributed by atoms with E-state index in [1.165, 1.54) is 0 Å². The molecule has 1 aromatic rings. The average molecular weight is 238 g/mol. The number of nitrogens with two attached hydrogens (primary N) is 1. The third-order valence-corrected chi connectivity index (χ3v) is 1.94. The Hall–Kier alpha value is -1.59. The number of nitrogens with one attached hydrogen (secondary N) is 1. The highest BCUT2D eigenvalue weighted by molar-refractivity contribution is 5.77. The molecule has 1 aromatic carbocycles. The van der Waals surface area contributed by atoms with E-state index in [9.17, 15) is 4.79 Å². The number of carbonyl (C=O) groups excluding carboxylic acids is 1. The van der Waals surface area contributed by atoms with Gasteiger partial charge < -0.3 is 20.5 Å². The van der Waals surface area contributed by atoms with E-state index in [0.717, 1.165) is 5.75 Å². The lowest BCUT2D eigenvalue weighted by atomic mass is 10.3. The van der Waals surface area contributed by atoms with Crippen molar-refractivity contribution in [2.24, 2.45) is 5.73 Å². The molecule has 0 spiro atoms. The molecule has 0 aliphatic carbocycles. The van der Waals surface area contributed by atoms with E-state index in [-0.39, 0.29) is 12.5 Å². The molecule has 0 atom stereocenters. The molecule has 17 heavy (non-hydrogen) atoms. The van der Waals surface area contributed by atoms with Crippen molar-refractivity contribution in [3.8, 4) is 5.75 Å². The Morgan fingerprint density at radius 1 is 1.24 bits per heavy atom. The van der Waals surface area contributed by atoms with Gasteiger partial charge in [-0.25, -0.2) is 0 Å². The molecule has 1 amide bonds. The topological polar surface area (TPSA) is 73.6 Å². The molecule has 0 aromatic heterocycles. The molecule has 94 valence electrons. The number of para-hydroxylation sites is 1. The van der Waals surface area contributed by atoms with Gasteiger partial charge in [0.25, 0.3) is 0 Å². The smallest absolute Gasteiger partial charge is 0.246 e. The van der Waals surface area contributed by atoms with Gasteiger partial charge in [0.05, 0.1) is 6.61 Å². The first kappa shape index (κ1) is 13.5. The first-order valence-corrected chi connectivity index (χ1v) is 5.55. The molecule has 0 radical (unpaired) electrons. The summed E-state index contributed by atoms with van der Waals surface area (Å²) in [6, 6.07) is 9.46. The van der Waals surface area contributed by atoms with Crippen molar-refractivity contribution in [3.63, 3.8) is 0 Å². The van der Waals surface area contributed by atoms with Crippen molar-refractivity contribution >= 4 is 5.91 Å². The van der Waals surface area contributed by atoms with E-state index in [4.69, 9.17) is 15.2 Å². The quantitative estimate of drug-likeness (QED) is 0.633. The molecule has 0 bridgehead atoms. The van der Waals surface area contributed by atoms with Gasteiger partial charge in [0.2, 0.25) is 5.91 Å². The van der Waals surface area contributed by atoms with Gasteiger partial charge in [-0.3, -0.25) is 4.79 Å². The van der Waals surface area contributed by atoms with Crippen molar-refractivity contribution in [3.05, 3.63) is 30.3 Å². The fourth-order valence-corrected chi connectivity index (χ4v) is 1.16. The van der Waals surface area contributed by atoms with Crippen molar-refractivity contribution in [2.45, 2.75) is 0 Å². The summed E-state index contributed by atoms with van der Waals surface area (Å²) in [6.07, 6.45) is 0. The van der Waals surface area contributed by atoms with Gasteiger partial charge in [-0.05, 0) is 12.1 Å². The fourth-order valence-electron chi connectivity index (χ4n) is 1.16. The van der Waals surface area contributed by atoms with Crippen LogP contribution in [0.4, 0.5) is 0 Å². The average Bonchev–Trinajstić information content (AvgIpc) is 2.37. The highest BCUT2D eigenvalue weighted by Gasteiger charge is 1.99. The summed E-state index contributed by atoms with van der Waals surface area (Å²) in [5.74, 6) is 0.638. The van der Waals surface area contributed by atoms with Crippen LogP contribution in [0.15, 0.2) is 30.3 Å². The molecule has 0 aliphatic heterocycles. The maximum Gasteiger partial charge on any atom is 0.246 e. The van der Waals surface area contributed by atoms with Crippen LogP contribution in [0.5, 0.6) is 5.75 Å². The molecule has 0 saturated carbocycles. The molecule has 0 fully saturated rings. The van der Waals surface area contributed by atoms with Crippen LogP contribution in [0.3, 0.4) is 0 Å². The van der Waals surface area contributed by atoms with Gasteiger partial charge in [-0.1, -0.05) is 18.2 Å². The highest BCUT2D eigenvalue weighted by Crippen LogP contribution is 2.07. The van der Waals surface area contributed by atoms with Crippen LogP contribution in [-0.4, -0.2) is 38.8 Å². The molecule has 0 unspecified atom stereocenters.